The second-order valence-electron chi connectivity index (χ2n) is 8.87. The Balaban J connectivity index is 1.35. The number of hydrogen-bond donors (Lipinski definition) is 1. The molecule has 1 N–H and O–H groups in total. The van der Waals surface area contributed by atoms with Crippen molar-refractivity contribution in [2.45, 2.75) is 43.9 Å². The molecule has 1 aromatic rings. The number of amides is 1. The van der Waals surface area contributed by atoms with Crippen molar-refractivity contribution < 1.29 is 14.3 Å². The largest absolute Gasteiger partial charge is 0.494 e. The molecule has 0 unspecified atom stereocenters. The van der Waals surface area contributed by atoms with Gasteiger partial charge in [0.2, 0.25) is 5.91 Å². The summed E-state index contributed by atoms with van der Waals surface area (Å²) < 4.78 is 11.4. The van der Waals surface area contributed by atoms with Gasteiger partial charge in [0, 0.05) is 45.8 Å². The van der Waals surface area contributed by atoms with E-state index in [1.807, 2.05) is 0 Å². The molecule has 1 amide bonds. The van der Waals surface area contributed by atoms with Crippen molar-refractivity contribution in [1.29, 1.82) is 0 Å². The van der Waals surface area contributed by atoms with Crippen LogP contribution >= 0.6 is 0 Å². The summed E-state index contributed by atoms with van der Waals surface area (Å²) in [4.78, 5) is 18.1. The minimum absolute atomic E-state index is 0.336. The molecule has 30 heavy (non-hydrogen) atoms. The van der Waals surface area contributed by atoms with Crippen LogP contribution < -0.4 is 10.1 Å². The molecule has 3 aliphatic rings. The zero-order chi connectivity index (χ0) is 20.7. The Bertz CT molecular complexity index is 661. The van der Waals surface area contributed by atoms with E-state index < -0.39 is 0 Å². The van der Waals surface area contributed by atoms with Crippen LogP contribution in [0.4, 0.5) is 0 Å². The highest BCUT2D eigenvalue weighted by Crippen LogP contribution is 2.41. The molecule has 1 aliphatic carbocycles. The maximum absolute atomic E-state index is 13.6. The molecule has 6 nitrogen and oxygen atoms in total. The normalized spacial score (nSPS) is 22.6. The fourth-order valence-electron chi connectivity index (χ4n) is 5.13. The first-order chi connectivity index (χ1) is 14.8. The number of nitrogens with zero attached hydrogens (tertiary/aromatic N) is 2. The molecule has 0 atom stereocenters. The first-order valence-corrected chi connectivity index (χ1v) is 11.8. The Labute approximate surface area is 180 Å². The number of hydrogen-bond acceptors (Lipinski definition) is 5. The van der Waals surface area contributed by atoms with Gasteiger partial charge >= 0.3 is 0 Å². The van der Waals surface area contributed by atoms with Crippen molar-refractivity contribution in [3.05, 3.63) is 29.8 Å². The number of morpholine rings is 1. The number of benzene rings is 1. The predicted octanol–water partition coefficient (Wildman–Crippen LogP) is 2.42. The van der Waals surface area contributed by atoms with Crippen molar-refractivity contribution in [2.75, 3.05) is 65.6 Å². The molecule has 0 radical (unpaired) electrons. The Morgan fingerprint density at radius 3 is 2.40 bits per heavy atom. The fraction of sp³-hybridized carbons (Fsp3) is 0.708. The van der Waals surface area contributed by atoms with E-state index in [4.69, 9.17) is 9.47 Å². The molecule has 4 rings (SSSR count). The number of piperazine rings is 1. The van der Waals surface area contributed by atoms with Crippen LogP contribution in [0.2, 0.25) is 0 Å². The molecule has 1 aromatic carbocycles. The molecule has 2 saturated heterocycles. The number of nitrogens with one attached hydrogen (secondary N) is 1. The minimum Gasteiger partial charge on any atom is -0.494 e. The number of ether oxygens (including phenoxy) is 2. The molecule has 2 aliphatic heterocycles. The van der Waals surface area contributed by atoms with E-state index in [2.05, 4.69) is 39.4 Å². The minimum atomic E-state index is -0.343. The Morgan fingerprint density at radius 1 is 1.00 bits per heavy atom. The van der Waals surface area contributed by atoms with Crippen molar-refractivity contribution in [3.63, 3.8) is 0 Å². The van der Waals surface area contributed by atoms with E-state index in [1.165, 1.54) is 12.0 Å². The third-order valence-corrected chi connectivity index (χ3v) is 6.92. The van der Waals surface area contributed by atoms with Gasteiger partial charge in [-0.1, -0.05) is 31.4 Å². The third kappa shape index (κ3) is 5.16. The lowest BCUT2D eigenvalue weighted by atomic mass is 9.68. The number of carbonyl (C=O) groups is 1. The highest BCUT2D eigenvalue weighted by atomic mass is 16.5. The van der Waals surface area contributed by atoms with Crippen molar-refractivity contribution >= 4 is 5.91 Å². The average molecular weight is 416 g/mol. The Morgan fingerprint density at radius 2 is 1.70 bits per heavy atom. The molecule has 0 spiro atoms. The number of carbonyl (C=O) groups excluding carboxylic acids is 1. The average Bonchev–Trinajstić information content (AvgIpc) is 2.83. The van der Waals surface area contributed by atoms with Crippen LogP contribution in [0, 0.1) is 0 Å². The van der Waals surface area contributed by atoms with Gasteiger partial charge in [-0.15, -0.1) is 0 Å². The van der Waals surface area contributed by atoms with Crippen LogP contribution in [0.1, 0.15) is 44.1 Å². The van der Waals surface area contributed by atoms with Gasteiger partial charge in [-0.2, -0.15) is 0 Å². The molecular formula is C24H37N3O3. The van der Waals surface area contributed by atoms with Crippen molar-refractivity contribution in [2.24, 2.45) is 0 Å². The van der Waals surface area contributed by atoms with E-state index in [0.29, 0.717) is 5.91 Å². The lowest BCUT2D eigenvalue weighted by molar-refractivity contribution is -0.139. The molecule has 166 valence electrons. The molecule has 0 aromatic heterocycles. The highest BCUT2D eigenvalue weighted by molar-refractivity contribution is 5.88. The van der Waals surface area contributed by atoms with Crippen LogP contribution in [-0.4, -0.2) is 81.3 Å². The molecule has 0 bridgehead atoms. The summed E-state index contributed by atoms with van der Waals surface area (Å²) in [6.45, 7) is 8.97. The summed E-state index contributed by atoms with van der Waals surface area (Å²) in [6.07, 6.45) is 6.47. The first kappa shape index (κ1) is 21.6. The SMILES string of the molecule is O=C(N1CCNCC1)C1(c2ccc(OCCCN3CCOCC3)cc2)CCCCC1. The summed E-state index contributed by atoms with van der Waals surface area (Å²) in [5, 5.41) is 3.36. The maximum atomic E-state index is 13.6. The van der Waals surface area contributed by atoms with Gasteiger partial charge < -0.3 is 19.7 Å². The Hall–Kier alpha value is -1.63. The van der Waals surface area contributed by atoms with E-state index >= 15 is 0 Å². The van der Waals surface area contributed by atoms with Crippen LogP contribution in [0.5, 0.6) is 5.75 Å². The summed E-state index contributed by atoms with van der Waals surface area (Å²) in [5.41, 5.74) is 0.830. The maximum Gasteiger partial charge on any atom is 0.233 e. The van der Waals surface area contributed by atoms with Gasteiger partial charge in [0.05, 0.1) is 25.2 Å². The molecular weight excluding hydrogens is 378 g/mol. The predicted molar refractivity (Wildman–Crippen MR) is 118 cm³/mol. The zero-order valence-electron chi connectivity index (χ0n) is 18.2. The third-order valence-electron chi connectivity index (χ3n) is 6.92. The Kier molecular flexibility index (Phi) is 7.63. The highest BCUT2D eigenvalue weighted by Gasteiger charge is 2.43. The van der Waals surface area contributed by atoms with E-state index in [1.54, 1.807) is 0 Å². The van der Waals surface area contributed by atoms with Crippen LogP contribution in [0.25, 0.3) is 0 Å². The van der Waals surface area contributed by atoms with E-state index in [-0.39, 0.29) is 5.41 Å². The molecule has 1 saturated carbocycles. The first-order valence-electron chi connectivity index (χ1n) is 11.8. The molecule has 3 fully saturated rings. The van der Waals surface area contributed by atoms with E-state index in [0.717, 1.165) is 103 Å². The van der Waals surface area contributed by atoms with Gasteiger partial charge in [0.15, 0.2) is 0 Å². The summed E-state index contributed by atoms with van der Waals surface area (Å²) in [7, 11) is 0. The molecule has 6 heteroatoms. The zero-order valence-corrected chi connectivity index (χ0v) is 18.2. The van der Waals surface area contributed by atoms with Crippen LogP contribution in [-0.2, 0) is 14.9 Å². The quantitative estimate of drug-likeness (QED) is 0.693. The topological polar surface area (TPSA) is 54.0 Å². The van der Waals surface area contributed by atoms with Crippen LogP contribution in [0.15, 0.2) is 24.3 Å². The summed E-state index contributed by atoms with van der Waals surface area (Å²) >= 11 is 0. The van der Waals surface area contributed by atoms with Gasteiger partial charge in [0.1, 0.15) is 5.75 Å². The second-order valence-corrected chi connectivity index (χ2v) is 8.87. The standard InChI is InChI=1S/C24H37N3O3/c28-23(27-14-11-25-12-15-27)24(9-2-1-3-10-24)21-5-7-22(8-6-21)30-18-4-13-26-16-19-29-20-17-26/h5-8,25H,1-4,9-20H2. The lowest BCUT2D eigenvalue weighted by Gasteiger charge is -2.41. The summed E-state index contributed by atoms with van der Waals surface area (Å²) in [6, 6.07) is 8.41. The van der Waals surface area contributed by atoms with Gasteiger partial charge in [-0.25, -0.2) is 0 Å². The van der Waals surface area contributed by atoms with Gasteiger partial charge in [-0.3, -0.25) is 9.69 Å². The smallest absolute Gasteiger partial charge is 0.233 e. The van der Waals surface area contributed by atoms with Crippen LogP contribution in [0.3, 0.4) is 0 Å². The van der Waals surface area contributed by atoms with Gasteiger partial charge in [0.25, 0.3) is 0 Å². The molecule has 2 heterocycles. The van der Waals surface area contributed by atoms with Crippen molar-refractivity contribution in [1.82, 2.24) is 15.1 Å². The summed E-state index contributed by atoms with van der Waals surface area (Å²) in [5.74, 6) is 1.24. The van der Waals surface area contributed by atoms with E-state index in [9.17, 15) is 4.79 Å². The number of rotatable bonds is 7. The lowest BCUT2D eigenvalue weighted by Crippen LogP contribution is -2.54. The fourth-order valence-corrected chi connectivity index (χ4v) is 5.13. The van der Waals surface area contributed by atoms with Crippen molar-refractivity contribution in [3.8, 4) is 5.75 Å². The second kappa shape index (κ2) is 10.6. The monoisotopic (exact) mass is 415 g/mol. The van der Waals surface area contributed by atoms with Gasteiger partial charge in [-0.05, 0) is 37.0 Å².